The number of hydrogen-bond acceptors (Lipinski definition) is 3. The average molecular weight is 209 g/mol. The number of nitrogens with one attached hydrogen (secondary N) is 1. The topological polar surface area (TPSA) is 41.5 Å². The summed E-state index contributed by atoms with van der Waals surface area (Å²) in [7, 11) is 1.67. The summed E-state index contributed by atoms with van der Waals surface area (Å²) in [5.74, 6) is 0.891. The van der Waals surface area contributed by atoms with Gasteiger partial charge in [-0.3, -0.25) is 0 Å². The van der Waals surface area contributed by atoms with E-state index < -0.39 is 0 Å². The molecule has 0 aliphatic rings. The lowest BCUT2D eigenvalue weighted by molar-refractivity contribution is 0.252. The van der Waals surface area contributed by atoms with Crippen LogP contribution in [0.3, 0.4) is 0 Å². The van der Waals surface area contributed by atoms with Gasteiger partial charge in [0, 0.05) is 6.04 Å². The quantitative estimate of drug-likeness (QED) is 0.740. The van der Waals surface area contributed by atoms with Crippen LogP contribution < -0.4 is 10.1 Å². The van der Waals surface area contributed by atoms with E-state index in [-0.39, 0.29) is 12.6 Å². The van der Waals surface area contributed by atoms with Gasteiger partial charge in [0.2, 0.25) is 0 Å². The van der Waals surface area contributed by atoms with E-state index in [1.165, 1.54) is 5.56 Å². The van der Waals surface area contributed by atoms with Crippen molar-refractivity contribution in [1.29, 1.82) is 0 Å². The van der Waals surface area contributed by atoms with Gasteiger partial charge in [-0.05, 0) is 37.6 Å². The molecule has 0 bridgehead atoms. The fourth-order valence-corrected chi connectivity index (χ4v) is 1.36. The van der Waals surface area contributed by atoms with Crippen molar-refractivity contribution in [2.45, 2.75) is 19.4 Å². The van der Waals surface area contributed by atoms with Crippen LogP contribution in [0.2, 0.25) is 0 Å². The molecule has 0 spiro atoms. The van der Waals surface area contributed by atoms with Gasteiger partial charge in [-0.25, -0.2) is 0 Å². The zero-order chi connectivity index (χ0) is 11.1. The van der Waals surface area contributed by atoms with Crippen molar-refractivity contribution in [3.63, 3.8) is 0 Å². The van der Waals surface area contributed by atoms with E-state index in [2.05, 4.69) is 11.4 Å². The van der Waals surface area contributed by atoms with Gasteiger partial charge < -0.3 is 15.2 Å². The Morgan fingerprint density at radius 1 is 1.47 bits per heavy atom. The Hall–Kier alpha value is -1.06. The van der Waals surface area contributed by atoms with Gasteiger partial charge in [-0.2, -0.15) is 0 Å². The average Bonchev–Trinajstić information content (AvgIpc) is 2.29. The summed E-state index contributed by atoms with van der Waals surface area (Å²) in [6.07, 6.45) is 0.946. The lowest BCUT2D eigenvalue weighted by Gasteiger charge is -2.10. The molecule has 2 N–H and O–H groups in total. The fourth-order valence-electron chi connectivity index (χ4n) is 1.36. The highest BCUT2D eigenvalue weighted by Gasteiger charge is 1.99. The normalized spacial score (nSPS) is 12.5. The lowest BCUT2D eigenvalue weighted by Crippen LogP contribution is -2.30. The summed E-state index contributed by atoms with van der Waals surface area (Å²) in [4.78, 5) is 0. The van der Waals surface area contributed by atoms with E-state index >= 15 is 0 Å². The monoisotopic (exact) mass is 209 g/mol. The first kappa shape index (κ1) is 12.0. The number of rotatable bonds is 6. The third kappa shape index (κ3) is 4.32. The third-order valence-corrected chi connectivity index (χ3v) is 2.31. The molecule has 0 saturated heterocycles. The highest BCUT2D eigenvalue weighted by Crippen LogP contribution is 2.12. The molecule has 0 heterocycles. The lowest BCUT2D eigenvalue weighted by atomic mass is 10.1. The number of aliphatic hydroxyl groups is 1. The molecule has 1 unspecified atom stereocenters. The molecule has 0 aromatic heterocycles. The summed E-state index contributed by atoms with van der Waals surface area (Å²) in [6.45, 7) is 3.01. The Bertz CT molecular complexity index is 289. The molecule has 3 nitrogen and oxygen atoms in total. The fraction of sp³-hybridized carbons (Fsp3) is 0.500. The predicted octanol–water partition coefficient (Wildman–Crippen LogP) is 1.21. The molecule has 3 heteroatoms. The van der Waals surface area contributed by atoms with Crippen molar-refractivity contribution in [2.75, 3.05) is 20.3 Å². The van der Waals surface area contributed by atoms with Crippen LogP contribution in [0.15, 0.2) is 24.3 Å². The van der Waals surface area contributed by atoms with E-state index in [1.54, 1.807) is 7.11 Å². The van der Waals surface area contributed by atoms with E-state index in [0.29, 0.717) is 0 Å². The smallest absolute Gasteiger partial charge is 0.119 e. The van der Waals surface area contributed by atoms with Crippen molar-refractivity contribution in [2.24, 2.45) is 0 Å². The second-order valence-electron chi connectivity index (χ2n) is 3.64. The molecule has 1 aromatic carbocycles. The number of benzene rings is 1. The first-order valence-electron chi connectivity index (χ1n) is 5.23. The van der Waals surface area contributed by atoms with Crippen LogP contribution in [0, 0.1) is 0 Å². The Morgan fingerprint density at radius 2 is 2.27 bits per heavy atom. The molecule has 0 aliphatic heterocycles. The van der Waals surface area contributed by atoms with E-state index in [1.807, 2.05) is 25.1 Å². The van der Waals surface area contributed by atoms with Crippen molar-refractivity contribution in [3.05, 3.63) is 29.8 Å². The second-order valence-corrected chi connectivity index (χ2v) is 3.64. The van der Waals surface area contributed by atoms with Crippen LogP contribution in [0.1, 0.15) is 12.5 Å². The Balaban J connectivity index is 2.37. The van der Waals surface area contributed by atoms with Crippen molar-refractivity contribution in [1.82, 2.24) is 5.32 Å². The van der Waals surface area contributed by atoms with Crippen LogP contribution in [0.4, 0.5) is 0 Å². The summed E-state index contributed by atoms with van der Waals surface area (Å²) < 4.78 is 5.14. The highest BCUT2D eigenvalue weighted by molar-refractivity contribution is 5.28. The van der Waals surface area contributed by atoms with Gasteiger partial charge in [0.1, 0.15) is 5.75 Å². The molecule has 0 saturated carbocycles. The second kappa shape index (κ2) is 6.43. The van der Waals surface area contributed by atoms with Gasteiger partial charge in [-0.1, -0.05) is 12.1 Å². The van der Waals surface area contributed by atoms with E-state index in [9.17, 15) is 0 Å². The molecule has 0 aliphatic carbocycles. The predicted molar refractivity (Wildman–Crippen MR) is 61.2 cm³/mol. The minimum Gasteiger partial charge on any atom is -0.497 e. The van der Waals surface area contributed by atoms with Gasteiger partial charge in [0.15, 0.2) is 0 Å². The van der Waals surface area contributed by atoms with E-state index in [0.717, 1.165) is 18.7 Å². The molecule has 84 valence electrons. The number of methoxy groups -OCH3 is 1. The molecular formula is C12H19NO2. The minimum atomic E-state index is 0.163. The SMILES string of the molecule is COc1cccc(CCNC(C)CO)c1. The first-order chi connectivity index (χ1) is 7.26. The zero-order valence-corrected chi connectivity index (χ0v) is 9.36. The molecule has 15 heavy (non-hydrogen) atoms. The Kier molecular flexibility index (Phi) is 5.15. The van der Waals surface area contributed by atoms with Crippen molar-refractivity contribution >= 4 is 0 Å². The van der Waals surface area contributed by atoms with Crippen LogP contribution in [-0.4, -0.2) is 31.4 Å². The van der Waals surface area contributed by atoms with Crippen LogP contribution in [0.5, 0.6) is 5.75 Å². The first-order valence-corrected chi connectivity index (χ1v) is 5.23. The van der Waals surface area contributed by atoms with Gasteiger partial charge in [-0.15, -0.1) is 0 Å². The van der Waals surface area contributed by atoms with Crippen LogP contribution >= 0.6 is 0 Å². The van der Waals surface area contributed by atoms with Gasteiger partial charge >= 0.3 is 0 Å². The molecule has 1 aromatic rings. The van der Waals surface area contributed by atoms with E-state index in [4.69, 9.17) is 9.84 Å². The van der Waals surface area contributed by atoms with Gasteiger partial charge in [0.05, 0.1) is 13.7 Å². The highest BCUT2D eigenvalue weighted by atomic mass is 16.5. The molecule has 0 amide bonds. The van der Waals surface area contributed by atoms with Gasteiger partial charge in [0.25, 0.3) is 0 Å². The maximum atomic E-state index is 8.83. The number of hydrogen-bond donors (Lipinski definition) is 2. The Morgan fingerprint density at radius 3 is 2.93 bits per heavy atom. The third-order valence-electron chi connectivity index (χ3n) is 2.31. The standard InChI is InChI=1S/C12H19NO2/c1-10(9-14)13-7-6-11-4-3-5-12(8-11)15-2/h3-5,8,10,13-14H,6-7,9H2,1-2H3. The maximum Gasteiger partial charge on any atom is 0.119 e. The summed E-state index contributed by atoms with van der Waals surface area (Å²) >= 11 is 0. The van der Waals surface area contributed by atoms with Crippen molar-refractivity contribution < 1.29 is 9.84 Å². The minimum absolute atomic E-state index is 0.163. The zero-order valence-electron chi connectivity index (χ0n) is 9.36. The molecule has 0 radical (unpaired) electrons. The molecule has 0 fully saturated rings. The summed E-state index contributed by atoms with van der Waals surface area (Å²) in [6, 6.07) is 8.20. The summed E-state index contributed by atoms with van der Waals surface area (Å²) in [5.41, 5.74) is 1.24. The Labute approximate surface area is 91.1 Å². The molecule has 1 rings (SSSR count). The van der Waals surface area contributed by atoms with Crippen LogP contribution in [-0.2, 0) is 6.42 Å². The number of aliphatic hydroxyl groups excluding tert-OH is 1. The summed E-state index contributed by atoms with van der Waals surface area (Å²) in [5, 5.41) is 12.1. The maximum absolute atomic E-state index is 8.83. The number of ether oxygens (including phenoxy) is 1. The van der Waals surface area contributed by atoms with Crippen molar-refractivity contribution in [3.8, 4) is 5.75 Å². The van der Waals surface area contributed by atoms with Crippen LogP contribution in [0.25, 0.3) is 0 Å². The largest absolute Gasteiger partial charge is 0.497 e. The molecule has 1 atom stereocenters. The molecular weight excluding hydrogens is 190 g/mol.